The fourth-order valence-electron chi connectivity index (χ4n) is 7.20. The lowest BCUT2D eigenvalue weighted by Crippen LogP contribution is -2.60. The van der Waals surface area contributed by atoms with Gasteiger partial charge in [-0.15, -0.1) is 0 Å². The van der Waals surface area contributed by atoms with E-state index in [-0.39, 0.29) is 28.6 Å². The monoisotopic (exact) mass is 605 g/mol. The van der Waals surface area contributed by atoms with Gasteiger partial charge in [-0.3, -0.25) is 9.80 Å². The van der Waals surface area contributed by atoms with Gasteiger partial charge in [0.1, 0.15) is 17.7 Å². The van der Waals surface area contributed by atoms with Gasteiger partial charge in [-0.25, -0.2) is 8.78 Å². The Balaban J connectivity index is 1.59. The molecule has 0 spiro atoms. The van der Waals surface area contributed by atoms with Crippen LogP contribution in [0.4, 0.5) is 8.78 Å². The number of ether oxygens (including phenoxy) is 2. The molecule has 5 nitrogen and oxygen atoms in total. The number of halogens is 4. The van der Waals surface area contributed by atoms with Crippen molar-refractivity contribution in [1.82, 2.24) is 9.80 Å². The summed E-state index contributed by atoms with van der Waals surface area (Å²) >= 11 is 12.5. The van der Waals surface area contributed by atoms with Crippen LogP contribution in [0.15, 0.2) is 36.4 Å². The second-order valence-electron chi connectivity index (χ2n) is 13.3. The molecule has 6 atom stereocenters. The van der Waals surface area contributed by atoms with Crippen LogP contribution in [0.2, 0.25) is 10.0 Å². The second kappa shape index (κ2) is 11.7. The first kappa shape index (κ1) is 30.7. The largest absolute Gasteiger partial charge is 0.348 e. The zero-order chi connectivity index (χ0) is 29.7. The molecular weight excluding hydrogens is 567 g/mol. The summed E-state index contributed by atoms with van der Waals surface area (Å²) in [6.45, 7) is 12.8. The highest BCUT2D eigenvalue weighted by Crippen LogP contribution is 2.54. The van der Waals surface area contributed by atoms with Crippen LogP contribution in [0.25, 0.3) is 0 Å². The summed E-state index contributed by atoms with van der Waals surface area (Å²) in [6, 6.07) is 11.3. The number of rotatable bonds is 6. The molecule has 5 rings (SSSR count). The molecule has 0 bridgehead atoms. The van der Waals surface area contributed by atoms with E-state index in [0.717, 1.165) is 6.42 Å². The van der Waals surface area contributed by atoms with Crippen molar-refractivity contribution in [2.75, 3.05) is 26.2 Å². The Morgan fingerprint density at radius 1 is 1.07 bits per heavy atom. The van der Waals surface area contributed by atoms with E-state index in [4.69, 9.17) is 32.7 Å². The molecule has 2 unspecified atom stereocenters. The van der Waals surface area contributed by atoms with Gasteiger partial charge < -0.3 is 9.47 Å². The molecule has 0 N–H and O–H groups in total. The van der Waals surface area contributed by atoms with Gasteiger partial charge in [0, 0.05) is 48.6 Å². The van der Waals surface area contributed by atoms with Crippen LogP contribution in [0.3, 0.4) is 0 Å². The second-order valence-corrected chi connectivity index (χ2v) is 14.1. The Morgan fingerprint density at radius 3 is 2.46 bits per heavy atom. The van der Waals surface area contributed by atoms with Crippen molar-refractivity contribution in [1.29, 1.82) is 5.26 Å². The first-order valence-corrected chi connectivity index (χ1v) is 15.2. The van der Waals surface area contributed by atoms with Gasteiger partial charge >= 0.3 is 0 Å². The highest BCUT2D eigenvalue weighted by molar-refractivity contribution is 6.31. The maximum Gasteiger partial charge on any atom is 0.163 e. The summed E-state index contributed by atoms with van der Waals surface area (Å²) in [5.41, 5.74) is 0.813. The van der Waals surface area contributed by atoms with E-state index >= 15 is 8.78 Å². The van der Waals surface area contributed by atoms with Gasteiger partial charge in [-0.1, -0.05) is 62.2 Å². The van der Waals surface area contributed by atoms with Crippen molar-refractivity contribution in [2.24, 2.45) is 5.41 Å². The molecule has 3 aliphatic heterocycles. The fourth-order valence-corrected chi connectivity index (χ4v) is 7.54. The molecular formula is C32H39Cl2F2N3O2. The van der Waals surface area contributed by atoms with E-state index in [1.54, 1.807) is 24.3 Å². The molecule has 222 valence electrons. The first-order chi connectivity index (χ1) is 19.3. The molecule has 0 radical (unpaired) electrons. The lowest BCUT2D eigenvalue weighted by Gasteiger charge is -2.45. The molecule has 41 heavy (non-hydrogen) atoms. The number of hydrogen-bond donors (Lipinski definition) is 0. The minimum Gasteiger partial charge on any atom is -0.348 e. The molecule has 0 saturated carbocycles. The molecule has 0 amide bonds. The average molecular weight is 607 g/mol. The zero-order valence-electron chi connectivity index (χ0n) is 24.3. The number of nitrogens with zero attached hydrogens (tertiary/aromatic N) is 3. The van der Waals surface area contributed by atoms with E-state index in [1.807, 2.05) is 13.8 Å². The smallest absolute Gasteiger partial charge is 0.163 e. The van der Waals surface area contributed by atoms with Gasteiger partial charge in [0.05, 0.1) is 23.8 Å². The van der Waals surface area contributed by atoms with Crippen molar-refractivity contribution in [2.45, 2.75) is 89.3 Å². The highest BCUT2D eigenvalue weighted by atomic mass is 35.5. The van der Waals surface area contributed by atoms with E-state index in [0.29, 0.717) is 48.8 Å². The first-order valence-electron chi connectivity index (χ1n) is 14.4. The molecule has 2 aromatic rings. The topological polar surface area (TPSA) is 48.7 Å². The molecule has 0 aromatic heterocycles. The number of nitriles is 1. The molecule has 0 aliphatic carbocycles. The predicted octanol–water partition coefficient (Wildman–Crippen LogP) is 7.38. The van der Waals surface area contributed by atoms with Crippen LogP contribution >= 0.6 is 23.2 Å². The summed E-state index contributed by atoms with van der Waals surface area (Å²) in [7, 11) is 0. The maximum atomic E-state index is 15.9. The standard InChI is InChI=1S/C32H39Cl2F2N3O2/c1-31(2,3)16-25-27(21-10-9-19(33)15-24(21)35)28(22-7-6-8-23(34)29(22)36)30-26(17-37)38(13-14-39(25)30)12-11-20-18-40-32(4,5)41-20/h6-10,15,20,25-28,30H,11-14,16,18H2,1-5H3/t20?,25-,26?,27+,28+,30-/m0/s1. The predicted molar refractivity (Wildman–Crippen MR) is 157 cm³/mol. The van der Waals surface area contributed by atoms with Gasteiger partial charge in [0.2, 0.25) is 0 Å². The number of piperazine rings is 1. The molecule has 9 heteroatoms. The van der Waals surface area contributed by atoms with E-state index in [9.17, 15) is 5.26 Å². The van der Waals surface area contributed by atoms with E-state index in [2.05, 4.69) is 36.6 Å². The summed E-state index contributed by atoms with van der Waals surface area (Å²) in [4.78, 5) is 4.53. The number of hydrogen-bond acceptors (Lipinski definition) is 5. The third-order valence-corrected chi connectivity index (χ3v) is 9.29. The van der Waals surface area contributed by atoms with Crippen LogP contribution in [0.5, 0.6) is 0 Å². The van der Waals surface area contributed by atoms with Crippen LogP contribution in [0.1, 0.15) is 70.4 Å². The Kier molecular flexibility index (Phi) is 8.76. The Morgan fingerprint density at radius 2 is 1.83 bits per heavy atom. The van der Waals surface area contributed by atoms with Gasteiger partial charge in [0.15, 0.2) is 5.79 Å². The zero-order valence-corrected chi connectivity index (χ0v) is 25.9. The van der Waals surface area contributed by atoms with Crippen molar-refractivity contribution < 1.29 is 18.3 Å². The van der Waals surface area contributed by atoms with Crippen molar-refractivity contribution in [3.63, 3.8) is 0 Å². The summed E-state index contributed by atoms with van der Waals surface area (Å²) in [6.07, 6.45) is 1.40. The van der Waals surface area contributed by atoms with Crippen LogP contribution in [0, 0.1) is 28.4 Å². The van der Waals surface area contributed by atoms with Crippen molar-refractivity contribution >= 4 is 23.2 Å². The molecule has 3 saturated heterocycles. The summed E-state index contributed by atoms with van der Waals surface area (Å²) in [5, 5.41) is 11.0. The number of benzene rings is 2. The maximum absolute atomic E-state index is 15.9. The van der Waals surface area contributed by atoms with E-state index < -0.39 is 35.3 Å². The van der Waals surface area contributed by atoms with Gasteiger partial charge in [-0.2, -0.15) is 5.26 Å². The fraction of sp³-hybridized carbons (Fsp3) is 0.594. The SMILES string of the molecule is CC(C)(C)C[C@H]1[C@@H](c2ccc(Cl)cc2F)[C@@H](c2cccc(Cl)c2F)[C@@H]2C(C#N)N(CCC3COC(C)(C)O3)CCN12. The van der Waals surface area contributed by atoms with E-state index in [1.165, 1.54) is 12.1 Å². The molecule has 3 heterocycles. The molecule has 3 fully saturated rings. The van der Waals surface area contributed by atoms with Crippen molar-refractivity contribution in [3.05, 3.63) is 69.2 Å². The summed E-state index contributed by atoms with van der Waals surface area (Å²) in [5.74, 6) is -2.46. The third kappa shape index (κ3) is 6.30. The van der Waals surface area contributed by atoms with Crippen molar-refractivity contribution in [3.8, 4) is 6.07 Å². The normalized spacial score (nSPS) is 30.3. The Bertz CT molecular complexity index is 1310. The minimum absolute atomic E-state index is 0.0193. The minimum atomic E-state index is -0.616. The van der Waals surface area contributed by atoms with Crippen LogP contribution in [-0.2, 0) is 9.47 Å². The lowest BCUT2D eigenvalue weighted by molar-refractivity contribution is -0.139. The van der Waals surface area contributed by atoms with Crippen LogP contribution < -0.4 is 0 Å². The Hall–Kier alpha value is -1.79. The third-order valence-electron chi connectivity index (χ3n) is 8.76. The molecule has 3 aliphatic rings. The summed E-state index contributed by atoms with van der Waals surface area (Å²) < 4.78 is 43.4. The Labute approximate surface area is 252 Å². The molecule has 2 aromatic carbocycles. The highest BCUT2D eigenvalue weighted by Gasteiger charge is 2.57. The number of fused-ring (bicyclic) bond motifs is 1. The van der Waals surface area contributed by atoms with Gasteiger partial charge in [0.25, 0.3) is 0 Å². The van der Waals surface area contributed by atoms with Gasteiger partial charge in [-0.05, 0) is 61.4 Å². The quantitative estimate of drug-likeness (QED) is 0.344. The average Bonchev–Trinajstić information content (AvgIpc) is 3.39. The lowest BCUT2D eigenvalue weighted by atomic mass is 9.73. The van der Waals surface area contributed by atoms with Crippen LogP contribution in [-0.4, -0.2) is 66.1 Å².